The molecule has 200 valence electrons. The van der Waals surface area contributed by atoms with Gasteiger partial charge < -0.3 is 19.9 Å². The molecule has 0 aliphatic carbocycles. The van der Waals surface area contributed by atoms with Gasteiger partial charge in [0, 0.05) is 47.6 Å². The molecular formula is C27H26BrN7O3S. The highest BCUT2D eigenvalue weighted by molar-refractivity contribution is 9.10. The van der Waals surface area contributed by atoms with Crippen molar-refractivity contribution in [2.24, 2.45) is 0 Å². The Morgan fingerprint density at radius 1 is 1.00 bits per heavy atom. The van der Waals surface area contributed by atoms with Gasteiger partial charge in [0.15, 0.2) is 0 Å². The summed E-state index contributed by atoms with van der Waals surface area (Å²) in [4.78, 5) is 29.6. The molecule has 1 aliphatic heterocycles. The van der Waals surface area contributed by atoms with Crippen molar-refractivity contribution < 1.29 is 14.3 Å². The first kappa shape index (κ1) is 26.7. The number of hydrogen-bond acceptors (Lipinski definition) is 8. The van der Waals surface area contributed by atoms with E-state index in [1.807, 2.05) is 77.7 Å². The molecule has 1 saturated heterocycles. The summed E-state index contributed by atoms with van der Waals surface area (Å²) in [6.07, 6.45) is 0. The molecule has 4 aromatic rings. The van der Waals surface area contributed by atoms with E-state index in [2.05, 4.69) is 41.7 Å². The molecule has 1 aliphatic rings. The van der Waals surface area contributed by atoms with Gasteiger partial charge in [0.25, 0.3) is 5.91 Å². The smallest absolute Gasteiger partial charge is 0.254 e. The lowest BCUT2D eigenvalue weighted by Gasteiger charge is -2.36. The van der Waals surface area contributed by atoms with Crippen LogP contribution in [0.4, 0.5) is 11.4 Å². The van der Waals surface area contributed by atoms with E-state index in [-0.39, 0.29) is 17.6 Å². The van der Waals surface area contributed by atoms with Crippen molar-refractivity contribution in [1.82, 2.24) is 25.1 Å². The normalized spacial score (nSPS) is 13.3. The number of para-hydroxylation sites is 2. The van der Waals surface area contributed by atoms with Crippen LogP contribution in [0.3, 0.4) is 0 Å². The van der Waals surface area contributed by atoms with Crippen LogP contribution < -0.4 is 15.0 Å². The molecule has 12 heteroatoms. The summed E-state index contributed by atoms with van der Waals surface area (Å²) >= 11 is 4.67. The Morgan fingerprint density at radius 2 is 1.77 bits per heavy atom. The van der Waals surface area contributed by atoms with Gasteiger partial charge in [-0.05, 0) is 65.0 Å². The summed E-state index contributed by atoms with van der Waals surface area (Å²) < 4.78 is 7.84. The summed E-state index contributed by atoms with van der Waals surface area (Å²) in [7, 11) is 1.58. The first-order valence-electron chi connectivity index (χ1n) is 12.3. The Kier molecular flexibility index (Phi) is 8.42. The van der Waals surface area contributed by atoms with Gasteiger partial charge in [-0.2, -0.15) is 4.68 Å². The predicted octanol–water partition coefficient (Wildman–Crippen LogP) is 4.13. The summed E-state index contributed by atoms with van der Waals surface area (Å²) in [5.41, 5.74) is 3.14. The topological polar surface area (TPSA) is 105 Å². The fourth-order valence-corrected chi connectivity index (χ4v) is 5.36. The lowest BCUT2D eigenvalue weighted by atomic mass is 10.1. The van der Waals surface area contributed by atoms with Crippen LogP contribution in [0.25, 0.3) is 5.69 Å². The standard InChI is InChI=1S/C27H26BrN7O3S/c1-38-24-8-3-2-7-23(24)35-27(30-31-32-35)39-18-25(36)29-21-9-11-22(12-10-21)33-13-15-34(16-14-33)26(37)19-5-4-6-20(28)17-19/h2-12,17H,13-16,18H2,1H3,(H,29,36). The third kappa shape index (κ3) is 6.40. The number of aromatic nitrogens is 4. The van der Waals surface area contributed by atoms with Gasteiger partial charge in [0.2, 0.25) is 11.1 Å². The third-order valence-corrected chi connectivity index (χ3v) is 7.65. The second-order valence-corrected chi connectivity index (χ2v) is 10.6. The number of thioether (sulfide) groups is 1. The van der Waals surface area contributed by atoms with Gasteiger partial charge >= 0.3 is 0 Å². The Bertz CT molecular complexity index is 1460. The summed E-state index contributed by atoms with van der Waals surface area (Å²) in [5, 5.41) is 15.2. The highest BCUT2D eigenvalue weighted by atomic mass is 79.9. The molecule has 10 nitrogen and oxygen atoms in total. The van der Waals surface area contributed by atoms with Crippen LogP contribution in [0.15, 0.2) is 82.4 Å². The molecule has 0 saturated carbocycles. The number of anilines is 2. The number of nitrogens with zero attached hydrogens (tertiary/aromatic N) is 6. The van der Waals surface area contributed by atoms with Crippen molar-refractivity contribution in [1.29, 1.82) is 0 Å². The number of ether oxygens (including phenoxy) is 1. The van der Waals surface area contributed by atoms with Gasteiger partial charge in [-0.1, -0.05) is 45.9 Å². The maximum Gasteiger partial charge on any atom is 0.254 e. The number of tetrazole rings is 1. The molecular weight excluding hydrogens is 582 g/mol. The molecule has 2 amide bonds. The average molecular weight is 609 g/mol. The Labute approximate surface area is 238 Å². The van der Waals surface area contributed by atoms with Crippen molar-refractivity contribution >= 4 is 50.9 Å². The predicted molar refractivity (Wildman–Crippen MR) is 154 cm³/mol. The number of carbonyl (C=O) groups is 2. The highest BCUT2D eigenvalue weighted by Gasteiger charge is 2.22. The number of piperazine rings is 1. The minimum atomic E-state index is -0.165. The fraction of sp³-hybridized carbons (Fsp3) is 0.222. The molecule has 0 atom stereocenters. The number of benzene rings is 3. The number of hydrogen-bond donors (Lipinski definition) is 1. The lowest BCUT2D eigenvalue weighted by molar-refractivity contribution is -0.113. The third-order valence-electron chi connectivity index (χ3n) is 6.24. The van der Waals surface area contributed by atoms with Crippen molar-refractivity contribution in [3.05, 3.63) is 82.8 Å². The zero-order valence-corrected chi connectivity index (χ0v) is 23.6. The van der Waals surface area contributed by atoms with Crippen LogP contribution in [0.2, 0.25) is 0 Å². The van der Waals surface area contributed by atoms with Gasteiger partial charge in [-0.3, -0.25) is 9.59 Å². The zero-order valence-electron chi connectivity index (χ0n) is 21.2. The number of nitrogens with one attached hydrogen (secondary N) is 1. The van der Waals surface area contributed by atoms with Gasteiger partial charge in [0.05, 0.1) is 12.9 Å². The molecule has 0 unspecified atom stereocenters. The SMILES string of the molecule is COc1ccccc1-n1nnnc1SCC(=O)Nc1ccc(N2CCN(C(=O)c3cccc(Br)c3)CC2)cc1. The fourth-order valence-electron chi connectivity index (χ4n) is 4.28. The molecule has 1 fully saturated rings. The zero-order chi connectivity index (χ0) is 27.2. The molecule has 1 aromatic heterocycles. The van der Waals surface area contributed by atoms with Crippen LogP contribution in [-0.4, -0.2) is 76.0 Å². The molecule has 1 N–H and O–H groups in total. The molecule has 0 radical (unpaired) electrons. The van der Waals surface area contributed by atoms with E-state index < -0.39 is 0 Å². The van der Waals surface area contributed by atoms with E-state index in [1.54, 1.807) is 11.8 Å². The molecule has 5 rings (SSSR count). The summed E-state index contributed by atoms with van der Waals surface area (Å²) in [6, 6.07) is 22.6. The summed E-state index contributed by atoms with van der Waals surface area (Å²) in [5.74, 6) is 0.657. The minimum absolute atomic E-state index is 0.0452. The van der Waals surface area contributed by atoms with Crippen LogP contribution in [0.1, 0.15) is 10.4 Å². The minimum Gasteiger partial charge on any atom is -0.494 e. The van der Waals surface area contributed by atoms with Gasteiger partial charge in [-0.25, -0.2) is 0 Å². The van der Waals surface area contributed by atoms with Crippen LogP contribution >= 0.6 is 27.7 Å². The Hall–Kier alpha value is -3.90. The van der Waals surface area contributed by atoms with E-state index >= 15 is 0 Å². The monoisotopic (exact) mass is 607 g/mol. The van der Waals surface area contributed by atoms with Gasteiger partial charge in [0.1, 0.15) is 11.4 Å². The first-order valence-corrected chi connectivity index (χ1v) is 14.0. The largest absolute Gasteiger partial charge is 0.494 e. The van der Waals surface area contributed by atoms with E-state index in [4.69, 9.17) is 4.74 Å². The molecule has 3 aromatic carbocycles. The molecule has 2 heterocycles. The van der Waals surface area contributed by atoms with E-state index in [9.17, 15) is 9.59 Å². The van der Waals surface area contributed by atoms with Crippen molar-refractivity contribution in [2.75, 3.05) is 49.3 Å². The van der Waals surface area contributed by atoms with E-state index in [0.29, 0.717) is 40.9 Å². The maximum absolute atomic E-state index is 12.8. The van der Waals surface area contributed by atoms with Gasteiger partial charge in [-0.15, -0.1) is 5.10 Å². The average Bonchev–Trinajstić information content (AvgIpc) is 3.45. The highest BCUT2D eigenvalue weighted by Crippen LogP contribution is 2.26. The number of carbonyl (C=O) groups excluding carboxylic acids is 2. The number of amides is 2. The lowest BCUT2D eigenvalue weighted by Crippen LogP contribution is -2.48. The number of methoxy groups -OCH3 is 1. The molecule has 0 bridgehead atoms. The quantitative estimate of drug-likeness (QED) is 0.298. The Balaban J connectivity index is 1.12. The van der Waals surface area contributed by atoms with E-state index in [1.165, 1.54) is 11.8 Å². The van der Waals surface area contributed by atoms with Crippen molar-refractivity contribution in [3.63, 3.8) is 0 Å². The molecule has 0 spiro atoms. The molecule has 39 heavy (non-hydrogen) atoms. The van der Waals surface area contributed by atoms with Crippen LogP contribution in [0.5, 0.6) is 5.75 Å². The van der Waals surface area contributed by atoms with Crippen LogP contribution in [-0.2, 0) is 4.79 Å². The number of rotatable bonds is 8. The van der Waals surface area contributed by atoms with E-state index in [0.717, 1.165) is 23.2 Å². The second-order valence-electron chi connectivity index (χ2n) is 8.72. The van der Waals surface area contributed by atoms with Crippen molar-refractivity contribution in [2.45, 2.75) is 5.16 Å². The summed E-state index contributed by atoms with van der Waals surface area (Å²) in [6.45, 7) is 2.77. The van der Waals surface area contributed by atoms with Crippen LogP contribution in [0, 0.1) is 0 Å². The van der Waals surface area contributed by atoms with Crippen molar-refractivity contribution in [3.8, 4) is 11.4 Å². The maximum atomic E-state index is 12.8. The number of halogens is 1. The Morgan fingerprint density at radius 3 is 2.51 bits per heavy atom. The second kappa shape index (κ2) is 12.3. The first-order chi connectivity index (χ1) is 19.0.